The van der Waals surface area contributed by atoms with E-state index in [2.05, 4.69) is 15.6 Å². The summed E-state index contributed by atoms with van der Waals surface area (Å²) in [7, 11) is 1.35. The lowest BCUT2D eigenvalue weighted by atomic mass is 10.1. The summed E-state index contributed by atoms with van der Waals surface area (Å²) >= 11 is 0. The van der Waals surface area contributed by atoms with Crippen LogP contribution in [0.4, 0.5) is 0 Å². The van der Waals surface area contributed by atoms with E-state index in [1.807, 2.05) is 12.1 Å². The van der Waals surface area contributed by atoms with Crippen LogP contribution in [-0.2, 0) is 23.1 Å². The highest BCUT2D eigenvalue weighted by molar-refractivity contribution is 7.89. The lowest BCUT2D eigenvalue weighted by Gasteiger charge is -2.13. The highest BCUT2D eigenvalue weighted by atomic mass is 32.2. The zero-order valence-corrected chi connectivity index (χ0v) is 17.0. The quantitative estimate of drug-likeness (QED) is 0.489. The monoisotopic (exact) mass is 403 g/mol. The predicted molar refractivity (Wildman–Crippen MR) is 109 cm³/mol. The summed E-state index contributed by atoms with van der Waals surface area (Å²) in [5.74, 6) is 0.521. The Morgan fingerprint density at radius 3 is 2.18 bits per heavy atom. The van der Waals surface area contributed by atoms with Gasteiger partial charge in [-0.25, -0.2) is 13.6 Å². The lowest BCUT2D eigenvalue weighted by molar-refractivity contribution is 0.0827. The number of nitrogens with one attached hydrogen (secondary N) is 2. The number of hydrogen-bond donors (Lipinski definition) is 3. The normalized spacial score (nSPS) is 11.8. The molecule has 2 aromatic rings. The predicted octanol–water partition coefficient (Wildman–Crippen LogP) is 0.901. The summed E-state index contributed by atoms with van der Waals surface area (Å²) in [6.45, 7) is 0.909. The number of guanidine groups is 1. The van der Waals surface area contributed by atoms with E-state index >= 15 is 0 Å². The van der Waals surface area contributed by atoms with Gasteiger partial charge in [0.05, 0.1) is 4.90 Å². The lowest BCUT2D eigenvalue weighted by Crippen LogP contribution is -2.36. The molecule has 0 aliphatic heterocycles. The van der Waals surface area contributed by atoms with Crippen LogP contribution in [-0.4, -0.2) is 46.3 Å². The second-order valence-corrected chi connectivity index (χ2v) is 7.93. The third-order valence-electron chi connectivity index (χ3n) is 3.98. The van der Waals surface area contributed by atoms with E-state index in [0.29, 0.717) is 24.6 Å². The van der Waals surface area contributed by atoms with Crippen molar-refractivity contribution >= 4 is 21.9 Å². The molecule has 0 saturated heterocycles. The van der Waals surface area contributed by atoms with Gasteiger partial charge in [0, 0.05) is 39.8 Å². The van der Waals surface area contributed by atoms with Crippen LogP contribution in [0.1, 0.15) is 21.5 Å². The van der Waals surface area contributed by atoms with Crippen LogP contribution in [0.3, 0.4) is 0 Å². The number of rotatable bonds is 6. The van der Waals surface area contributed by atoms with Crippen LogP contribution in [0.25, 0.3) is 0 Å². The first kappa shape index (κ1) is 21.4. The maximum atomic E-state index is 11.9. The fourth-order valence-electron chi connectivity index (χ4n) is 2.45. The summed E-state index contributed by atoms with van der Waals surface area (Å²) < 4.78 is 22.9. The molecule has 0 saturated carbocycles. The molecule has 0 spiro atoms. The Morgan fingerprint density at radius 1 is 1.04 bits per heavy atom. The van der Waals surface area contributed by atoms with Gasteiger partial charge >= 0.3 is 0 Å². The molecule has 0 aromatic heterocycles. The minimum atomic E-state index is -3.73. The molecule has 2 aromatic carbocycles. The Morgan fingerprint density at radius 2 is 1.64 bits per heavy atom. The van der Waals surface area contributed by atoms with E-state index in [-0.39, 0.29) is 10.8 Å². The topological polar surface area (TPSA) is 117 Å². The van der Waals surface area contributed by atoms with Crippen molar-refractivity contribution in [1.29, 1.82) is 0 Å². The molecule has 0 aliphatic rings. The first-order valence-corrected chi connectivity index (χ1v) is 10.1. The average molecular weight is 404 g/mol. The zero-order valence-electron chi connectivity index (χ0n) is 16.1. The van der Waals surface area contributed by atoms with E-state index in [9.17, 15) is 13.2 Å². The molecule has 0 fully saturated rings. The molecule has 8 nitrogen and oxygen atoms in total. The molecule has 150 valence electrons. The first-order valence-electron chi connectivity index (χ1n) is 8.57. The SMILES string of the molecule is CN=C(NCc1ccc(C(=O)N(C)C)cc1)NCc1cccc(S(N)(=O)=O)c1. The number of aliphatic imine (C=N–C) groups is 1. The van der Waals surface area contributed by atoms with Crippen molar-refractivity contribution < 1.29 is 13.2 Å². The van der Waals surface area contributed by atoms with Gasteiger partial charge in [-0.2, -0.15) is 0 Å². The van der Waals surface area contributed by atoms with Crippen LogP contribution in [0.2, 0.25) is 0 Å². The number of nitrogens with zero attached hydrogens (tertiary/aromatic N) is 2. The Balaban J connectivity index is 1.92. The van der Waals surface area contributed by atoms with Gasteiger partial charge in [0.25, 0.3) is 5.91 Å². The molecule has 0 atom stereocenters. The maximum absolute atomic E-state index is 11.9. The fourth-order valence-corrected chi connectivity index (χ4v) is 3.03. The van der Waals surface area contributed by atoms with Gasteiger partial charge in [-0.05, 0) is 35.4 Å². The van der Waals surface area contributed by atoms with Crippen molar-refractivity contribution in [1.82, 2.24) is 15.5 Å². The van der Waals surface area contributed by atoms with E-state index in [4.69, 9.17) is 5.14 Å². The number of benzene rings is 2. The minimum Gasteiger partial charge on any atom is -0.352 e. The van der Waals surface area contributed by atoms with Gasteiger partial charge in [-0.3, -0.25) is 9.79 Å². The Hall–Kier alpha value is -2.91. The van der Waals surface area contributed by atoms with Crippen LogP contribution in [0.15, 0.2) is 58.4 Å². The fraction of sp³-hybridized carbons (Fsp3) is 0.263. The molecule has 0 unspecified atom stereocenters. The van der Waals surface area contributed by atoms with Gasteiger partial charge in [0.1, 0.15) is 0 Å². The molecule has 9 heteroatoms. The smallest absolute Gasteiger partial charge is 0.253 e. The van der Waals surface area contributed by atoms with E-state index in [0.717, 1.165) is 11.1 Å². The van der Waals surface area contributed by atoms with Gasteiger partial charge in [0.15, 0.2) is 5.96 Å². The van der Waals surface area contributed by atoms with Crippen molar-refractivity contribution in [3.05, 3.63) is 65.2 Å². The number of carbonyl (C=O) groups is 1. The number of carbonyl (C=O) groups excluding carboxylic acids is 1. The summed E-state index contributed by atoms with van der Waals surface area (Å²) in [5.41, 5.74) is 2.39. The molecule has 4 N–H and O–H groups in total. The van der Waals surface area contributed by atoms with E-state index < -0.39 is 10.0 Å². The molecular weight excluding hydrogens is 378 g/mol. The van der Waals surface area contributed by atoms with Crippen molar-refractivity contribution in [3.63, 3.8) is 0 Å². The van der Waals surface area contributed by atoms with Crippen LogP contribution < -0.4 is 15.8 Å². The zero-order chi connectivity index (χ0) is 20.7. The van der Waals surface area contributed by atoms with E-state index in [1.165, 1.54) is 17.0 Å². The molecule has 0 bridgehead atoms. The second kappa shape index (κ2) is 9.34. The van der Waals surface area contributed by atoms with Gasteiger partial charge in [-0.15, -0.1) is 0 Å². The van der Waals surface area contributed by atoms with Crippen molar-refractivity contribution in [3.8, 4) is 0 Å². The van der Waals surface area contributed by atoms with Crippen molar-refractivity contribution in [2.45, 2.75) is 18.0 Å². The number of sulfonamides is 1. The number of hydrogen-bond acceptors (Lipinski definition) is 4. The summed E-state index contributed by atoms with van der Waals surface area (Å²) in [6.07, 6.45) is 0. The Bertz CT molecular complexity index is 954. The third kappa shape index (κ3) is 6.07. The Labute approximate surface area is 165 Å². The molecule has 28 heavy (non-hydrogen) atoms. The molecule has 2 rings (SSSR count). The Kier molecular flexibility index (Phi) is 7.13. The number of amides is 1. The van der Waals surface area contributed by atoms with Crippen LogP contribution in [0, 0.1) is 0 Å². The number of primary sulfonamides is 1. The summed E-state index contributed by atoms with van der Waals surface area (Å²) in [5, 5.41) is 11.5. The minimum absolute atomic E-state index is 0.0429. The van der Waals surface area contributed by atoms with Gasteiger partial charge in [0.2, 0.25) is 10.0 Å². The molecule has 1 amide bonds. The maximum Gasteiger partial charge on any atom is 0.253 e. The van der Waals surface area contributed by atoms with Gasteiger partial charge < -0.3 is 15.5 Å². The molecule has 0 radical (unpaired) electrons. The first-order chi connectivity index (χ1) is 13.2. The molecular formula is C19H25N5O3S. The highest BCUT2D eigenvalue weighted by Crippen LogP contribution is 2.10. The van der Waals surface area contributed by atoms with Crippen LogP contribution >= 0.6 is 0 Å². The largest absolute Gasteiger partial charge is 0.352 e. The average Bonchev–Trinajstić information content (AvgIpc) is 2.67. The standard InChI is InChI=1S/C19H25N5O3S/c1-21-19(23-13-15-5-4-6-17(11-15)28(20,26)27)22-12-14-7-9-16(10-8-14)18(25)24(2)3/h4-11H,12-13H2,1-3H3,(H2,20,26,27)(H2,21,22,23). The highest BCUT2D eigenvalue weighted by Gasteiger charge is 2.09. The summed E-state index contributed by atoms with van der Waals surface area (Å²) in [4.78, 5) is 17.7. The van der Waals surface area contributed by atoms with Gasteiger partial charge in [-0.1, -0.05) is 24.3 Å². The van der Waals surface area contributed by atoms with Crippen molar-refractivity contribution in [2.24, 2.45) is 10.1 Å². The summed E-state index contributed by atoms with van der Waals surface area (Å²) in [6, 6.07) is 13.8. The number of nitrogens with two attached hydrogens (primary N) is 1. The third-order valence-corrected chi connectivity index (χ3v) is 4.89. The molecule has 0 heterocycles. The van der Waals surface area contributed by atoms with E-state index in [1.54, 1.807) is 45.4 Å². The van der Waals surface area contributed by atoms with Crippen molar-refractivity contribution in [2.75, 3.05) is 21.1 Å². The molecule has 0 aliphatic carbocycles. The van der Waals surface area contributed by atoms with Crippen LogP contribution in [0.5, 0.6) is 0 Å². The second-order valence-electron chi connectivity index (χ2n) is 6.37.